The van der Waals surface area contributed by atoms with Gasteiger partial charge in [-0.25, -0.2) is 4.98 Å². The van der Waals surface area contributed by atoms with E-state index in [1.807, 2.05) is 91.8 Å². The van der Waals surface area contributed by atoms with E-state index < -0.39 is 23.3 Å². The number of aliphatic hydroxyl groups is 1. The fourth-order valence-corrected chi connectivity index (χ4v) is 5.94. The summed E-state index contributed by atoms with van der Waals surface area (Å²) >= 11 is 5.92. The smallest absolute Gasteiger partial charge is 0.417 e. The molecule has 0 saturated heterocycles. The minimum absolute atomic E-state index is 0.270. The second-order valence-electron chi connectivity index (χ2n) is 10.9. The SMILES string of the molecule is COc1ncc(-c2ccc(Cl)c(C(F)(F)F)c2)cc1C(c1ccccc1)C(O)(CCN(C)C)c1cccc2ccccc12. The van der Waals surface area contributed by atoms with Crippen molar-refractivity contribution >= 4 is 22.4 Å². The van der Waals surface area contributed by atoms with E-state index in [4.69, 9.17) is 16.3 Å². The van der Waals surface area contributed by atoms with Crippen LogP contribution in [0, 0.1) is 0 Å². The normalized spacial score (nSPS) is 14.1. The number of hydrogen-bond donors (Lipinski definition) is 1. The molecular formula is C35H32ClF3N2O2. The van der Waals surface area contributed by atoms with Crippen LogP contribution in [0.2, 0.25) is 5.02 Å². The highest BCUT2D eigenvalue weighted by molar-refractivity contribution is 6.31. The first-order valence-electron chi connectivity index (χ1n) is 13.8. The Labute approximate surface area is 254 Å². The van der Waals surface area contributed by atoms with Gasteiger partial charge in [-0.2, -0.15) is 13.2 Å². The zero-order valence-electron chi connectivity index (χ0n) is 24.1. The van der Waals surface area contributed by atoms with Crippen molar-refractivity contribution in [1.82, 2.24) is 9.88 Å². The molecule has 0 radical (unpaired) electrons. The molecule has 43 heavy (non-hydrogen) atoms. The van der Waals surface area contributed by atoms with Crippen LogP contribution in [0.25, 0.3) is 21.9 Å². The number of pyridine rings is 1. The molecule has 4 aromatic carbocycles. The van der Waals surface area contributed by atoms with Crippen LogP contribution >= 0.6 is 11.6 Å². The highest BCUT2D eigenvalue weighted by Gasteiger charge is 2.43. The number of aromatic nitrogens is 1. The number of benzene rings is 4. The second kappa shape index (κ2) is 12.4. The number of methoxy groups -OCH3 is 1. The highest BCUT2D eigenvalue weighted by atomic mass is 35.5. The van der Waals surface area contributed by atoms with Gasteiger partial charge in [0.15, 0.2) is 0 Å². The van der Waals surface area contributed by atoms with Crippen LogP contribution in [0.3, 0.4) is 0 Å². The molecule has 2 atom stereocenters. The lowest BCUT2D eigenvalue weighted by Crippen LogP contribution is -2.38. The average molecular weight is 605 g/mol. The van der Waals surface area contributed by atoms with Gasteiger partial charge in [-0.05, 0) is 66.2 Å². The standard InChI is InChI=1S/C35H32ClF3N2O2/c1-41(2)19-18-34(42,29-15-9-13-23-10-7-8-14-27(23)29)32(24-11-5-4-6-12-24)28-20-26(22-40-33(28)43-3)25-16-17-31(36)30(21-25)35(37,38)39/h4-17,20-22,32,42H,18-19H2,1-3H3. The van der Waals surface area contributed by atoms with Gasteiger partial charge in [0.25, 0.3) is 0 Å². The van der Waals surface area contributed by atoms with E-state index >= 15 is 0 Å². The Hall–Kier alpha value is -3.91. The van der Waals surface area contributed by atoms with Gasteiger partial charge in [0, 0.05) is 29.8 Å². The molecule has 0 saturated carbocycles. The quantitative estimate of drug-likeness (QED) is 0.183. The molecule has 4 nitrogen and oxygen atoms in total. The molecule has 1 aromatic heterocycles. The van der Waals surface area contributed by atoms with Gasteiger partial charge in [-0.15, -0.1) is 0 Å². The fraction of sp³-hybridized carbons (Fsp3) is 0.229. The van der Waals surface area contributed by atoms with Crippen LogP contribution in [0.4, 0.5) is 13.2 Å². The maximum atomic E-state index is 13.8. The van der Waals surface area contributed by atoms with Gasteiger partial charge in [-0.1, -0.05) is 90.5 Å². The molecule has 1 heterocycles. The summed E-state index contributed by atoms with van der Waals surface area (Å²) in [6.07, 6.45) is -2.80. The van der Waals surface area contributed by atoms with Crippen LogP contribution in [-0.2, 0) is 11.8 Å². The summed E-state index contributed by atoms with van der Waals surface area (Å²) in [4.78, 5) is 6.55. The van der Waals surface area contributed by atoms with E-state index in [0.29, 0.717) is 29.7 Å². The lowest BCUT2D eigenvalue weighted by molar-refractivity contribution is -0.137. The molecule has 222 valence electrons. The van der Waals surface area contributed by atoms with Crippen LogP contribution in [0.15, 0.2) is 103 Å². The van der Waals surface area contributed by atoms with Crippen LogP contribution in [0.5, 0.6) is 5.88 Å². The lowest BCUT2D eigenvalue weighted by Gasteiger charge is -2.39. The minimum Gasteiger partial charge on any atom is -0.481 e. The largest absolute Gasteiger partial charge is 0.481 e. The summed E-state index contributed by atoms with van der Waals surface area (Å²) in [6.45, 7) is 0.560. The maximum absolute atomic E-state index is 13.8. The number of alkyl halides is 3. The second-order valence-corrected chi connectivity index (χ2v) is 11.3. The Morgan fingerprint density at radius 2 is 1.56 bits per heavy atom. The van der Waals surface area contributed by atoms with Crippen LogP contribution < -0.4 is 4.74 Å². The maximum Gasteiger partial charge on any atom is 0.417 e. The van der Waals surface area contributed by atoms with Gasteiger partial charge >= 0.3 is 6.18 Å². The molecule has 5 aromatic rings. The molecule has 0 aliphatic heterocycles. The predicted octanol–water partition coefficient (Wildman–Crippen LogP) is 8.55. The summed E-state index contributed by atoms with van der Waals surface area (Å²) in [5.41, 5.74) is 0.414. The topological polar surface area (TPSA) is 45.6 Å². The molecule has 0 spiro atoms. The van der Waals surface area contributed by atoms with Gasteiger partial charge in [0.1, 0.15) is 5.60 Å². The van der Waals surface area contributed by atoms with Crippen molar-refractivity contribution in [2.75, 3.05) is 27.7 Å². The van der Waals surface area contributed by atoms with Crippen molar-refractivity contribution in [3.63, 3.8) is 0 Å². The Bertz CT molecular complexity index is 1720. The molecule has 0 aliphatic carbocycles. The van der Waals surface area contributed by atoms with Crippen LogP contribution in [0.1, 0.15) is 34.6 Å². The first-order valence-corrected chi connectivity index (χ1v) is 14.2. The number of nitrogens with zero attached hydrogens (tertiary/aromatic N) is 2. The summed E-state index contributed by atoms with van der Waals surface area (Å²) in [6, 6.07) is 28.9. The Morgan fingerprint density at radius 1 is 0.860 bits per heavy atom. The van der Waals surface area contributed by atoms with E-state index in [2.05, 4.69) is 4.98 Å². The number of halogens is 4. The first-order chi connectivity index (χ1) is 20.5. The Balaban J connectivity index is 1.80. The molecule has 0 amide bonds. The number of hydrogen-bond acceptors (Lipinski definition) is 4. The molecule has 5 rings (SSSR count). The van der Waals surface area contributed by atoms with Gasteiger partial charge in [0.2, 0.25) is 5.88 Å². The van der Waals surface area contributed by atoms with Gasteiger partial charge in [-0.3, -0.25) is 0 Å². The molecule has 0 bridgehead atoms. The van der Waals surface area contributed by atoms with Crippen LogP contribution in [-0.4, -0.2) is 42.7 Å². The number of fused-ring (bicyclic) bond motifs is 1. The Morgan fingerprint density at radius 3 is 2.26 bits per heavy atom. The van der Waals surface area contributed by atoms with Gasteiger partial charge < -0.3 is 14.7 Å². The molecule has 1 N–H and O–H groups in total. The van der Waals surface area contributed by atoms with Crippen molar-refractivity contribution in [2.45, 2.75) is 24.1 Å². The van der Waals surface area contributed by atoms with Gasteiger partial charge in [0.05, 0.1) is 17.7 Å². The van der Waals surface area contributed by atoms with E-state index in [0.717, 1.165) is 28.0 Å². The number of rotatable bonds is 9. The van der Waals surface area contributed by atoms with Crippen molar-refractivity contribution in [3.8, 4) is 17.0 Å². The number of ether oxygens (including phenoxy) is 1. The summed E-state index contributed by atoms with van der Waals surface area (Å²) < 4.78 is 47.0. The van der Waals surface area contributed by atoms with Crippen molar-refractivity contribution < 1.29 is 23.0 Å². The molecule has 0 fully saturated rings. The zero-order chi connectivity index (χ0) is 30.8. The zero-order valence-corrected chi connectivity index (χ0v) is 24.8. The fourth-order valence-electron chi connectivity index (χ4n) is 5.72. The van der Waals surface area contributed by atoms with Crippen molar-refractivity contribution in [2.24, 2.45) is 0 Å². The monoisotopic (exact) mass is 604 g/mol. The third-order valence-corrected chi connectivity index (χ3v) is 8.12. The Kier molecular flexibility index (Phi) is 8.79. The molecule has 0 aliphatic rings. The van der Waals surface area contributed by atoms with E-state index in [1.54, 1.807) is 6.07 Å². The average Bonchev–Trinajstić information content (AvgIpc) is 3.00. The van der Waals surface area contributed by atoms with E-state index in [9.17, 15) is 18.3 Å². The van der Waals surface area contributed by atoms with Crippen molar-refractivity contribution in [3.05, 3.63) is 131 Å². The first kappa shape index (κ1) is 30.5. The lowest BCUT2D eigenvalue weighted by atomic mass is 9.70. The minimum atomic E-state index is -4.62. The highest BCUT2D eigenvalue weighted by Crippen LogP contribution is 2.49. The van der Waals surface area contributed by atoms with E-state index in [1.165, 1.54) is 25.4 Å². The molecular weight excluding hydrogens is 573 g/mol. The molecule has 8 heteroatoms. The summed E-state index contributed by atoms with van der Waals surface area (Å²) in [7, 11) is 5.39. The third kappa shape index (κ3) is 6.25. The summed E-state index contributed by atoms with van der Waals surface area (Å²) in [5, 5.41) is 14.6. The van der Waals surface area contributed by atoms with E-state index in [-0.39, 0.29) is 10.9 Å². The summed E-state index contributed by atoms with van der Waals surface area (Å²) in [5.74, 6) is -0.428. The van der Waals surface area contributed by atoms with Crippen molar-refractivity contribution in [1.29, 1.82) is 0 Å². The predicted molar refractivity (Wildman–Crippen MR) is 166 cm³/mol. The molecule has 2 unspecified atom stereocenters. The third-order valence-electron chi connectivity index (χ3n) is 7.79.